The predicted octanol–water partition coefficient (Wildman–Crippen LogP) is 5.75. The first-order valence-corrected chi connectivity index (χ1v) is 14.3. The van der Waals surface area contributed by atoms with Crippen LogP contribution < -0.4 is 20.9 Å². The average molecular weight is 631 g/mol. The van der Waals surface area contributed by atoms with Crippen molar-refractivity contribution < 1.29 is 18.0 Å². The molecular formula is C32H33F3N10O. The highest BCUT2D eigenvalue weighted by Gasteiger charge is 2.35. The Morgan fingerprint density at radius 2 is 1.72 bits per heavy atom. The van der Waals surface area contributed by atoms with Gasteiger partial charge in [-0.1, -0.05) is 6.07 Å². The Kier molecular flexibility index (Phi) is 9.56. The average Bonchev–Trinajstić information content (AvgIpc) is 3.03. The Hall–Kier alpha value is -5.37. The van der Waals surface area contributed by atoms with E-state index in [0.717, 1.165) is 17.2 Å². The summed E-state index contributed by atoms with van der Waals surface area (Å²) in [5.74, 6) is 0.200. The van der Waals surface area contributed by atoms with Gasteiger partial charge in [0.25, 0.3) is 5.91 Å². The topological polar surface area (TPSA) is 124 Å². The molecule has 2 aromatic carbocycles. The van der Waals surface area contributed by atoms with Crippen LogP contribution in [0, 0.1) is 6.92 Å². The van der Waals surface area contributed by atoms with Crippen LogP contribution in [0.1, 0.15) is 27.0 Å². The molecule has 46 heavy (non-hydrogen) atoms. The van der Waals surface area contributed by atoms with E-state index in [4.69, 9.17) is 0 Å². The van der Waals surface area contributed by atoms with Crippen LogP contribution >= 0.6 is 0 Å². The molecule has 0 radical (unpaired) electrons. The van der Waals surface area contributed by atoms with Gasteiger partial charge < -0.3 is 25.8 Å². The Morgan fingerprint density at radius 3 is 2.46 bits per heavy atom. The van der Waals surface area contributed by atoms with Gasteiger partial charge in [0, 0.05) is 61.7 Å². The van der Waals surface area contributed by atoms with Crippen LogP contribution in [-0.2, 0) is 12.7 Å². The van der Waals surface area contributed by atoms with E-state index < -0.39 is 17.6 Å². The lowest BCUT2D eigenvalue weighted by molar-refractivity contribution is -0.137. The SMILES string of the molecule is Cc1ccc(C(=O)Nc2ccc(N(C)CCN(C)C)c(C(F)(F)F)c2)cc1Nc1ncnc2cnc(NCc3ccncc3)nc12. The van der Waals surface area contributed by atoms with Gasteiger partial charge in [0.15, 0.2) is 5.82 Å². The second-order valence-electron chi connectivity index (χ2n) is 10.9. The van der Waals surface area contributed by atoms with Crippen LogP contribution in [0.4, 0.5) is 42.0 Å². The van der Waals surface area contributed by atoms with E-state index in [9.17, 15) is 18.0 Å². The van der Waals surface area contributed by atoms with Gasteiger partial charge in [-0.15, -0.1) is 0 Å². The van der Waals surface area contributed by atoms with Crippen molar-refractivity contribution in [2.45, 2.75) is 19.6 Å². The number of likely N-dealkylation sites (N-methyl/N-ethyl adjacent to an activating group) is 2. The minimum Gasteiger partial charge on any atom is -0.373 e. The van der Waals surface area contributed by atoms with E-state index in [1.807, 2.05) is 38.1 Å². The lowest BCUT2D eigenvalue weighted by atomic mass is 10.1. The van der Waals surface area contributed by atoms with Crippen LogP contribution in [-0.4, -0.2) is 70.0 Å². The maximum atomic E-state index is 14.0. The van der Waals surface area contributed by atoms with Crippen molar-refractivity contribution >= 4 is 45.8 Å². The maximum Gasteiger partial charge on any atom is 0.418 e. The van der Waals surface area contributed by atoms with Gasteiger partial charge in [-0.2, -0.15) is 13.2 Å². The van der Waals surface area contributed by atoms with Gasteiger partial charge >= 0.3 is 6.18 Å². The number of aromatic nitrogens is 5. The third-order valence-corrected chi connectivity index (χ3v) is 7.18. The first kappa shape index (κ1) is 32.0. The van der Waals surface area contributed by atoms with Gasteiger partial charge in [0.05, 0.1) is 11.8 Å². The van der Waals surface area contributed by atoms with E-state index in [0.29, 0.717) is 48.1 Å². The number of anilines is 5. The molecule has 0 saturated carbocycles. The Morgan fingerprint density at radius 1 is 0.935 bits per heavy atom. The molecule has 1 amide bonds. The molecule has 0 saturated heterocycles. The molecule has 0 spiro atoms. The number of hydrogen-bond acceptors (Lipinski definition) is 10. The largest absolute Gasteiger partial charge is 0.418 e. The molecule has 0 atom stereocenters. The summed E-state index contributed by atoms with van der Waals surface area (Å²) >= 11 is 0. The van der Waals surface area contributed by atoms with Crippen molar-refractivity contribution in [2.75, 3.05) is 55.1 Å². The van der Waals surface area contributed by atoms with Gasteiger partial charge in [0.1, 0.15) is 17.4 Å². The summed E-state index contributed by atoms with van der Waals surface area (Å²) in [7, 11) is 5.32. The summed E-state index contributed by atoms with van der Waals surface area (Å²) in [5, 5.41) is 9.01. The van der Waals surface area contributed by atoms with E-state index >= 15 is 0 Å². The van der Waals surface area contributed by atoms with E-state index in [1.54, 1.807) is 48.7 Å². The monoisotopic (exact) mass is 630 g/mol. The maximum absolute atomic E-state index is 14.0. The molecule has 3 heterocycles. The minimum atomic E-state index is -4.61. The predicted molar refractivity (Wildman–Crippen MR) is 172 cm³/mol. The second-order valence-corrected chi connectivity index (χ2v) is 10.9. The quantitative estimate of drug-likeness (QED) is 0.166. The zero-order valence-corrected chi connectivity index (χ0v) is 25.7. The Labute approximate surface area is 263 Å². The molecule has 5 aromatic rings. The van der Waals surface area contributed by atoms with Crippen LogP contribution in [0.3, 0.4) is 0 Å². The third kappa shape index (κ3) is 7.82. The fourth-order valence-electron chi connectivity index (χ4n) is 4.59. The summed E-state index contributed by atoms with van der Waals surface area (Å²) in [6.07, 6.45) is 1.76. The molecule has 11 nitrogen and oxygen atoms in total. The normalized spacial score (nSPS) is 11.5. The van der Waals surface area contributed by atoms with Gasteiger partial charge in [-0.05, 0) is 74.6 Å². The number of rotatable bonds is 11. The summed E-state index contributed by atoms with van der Waals surface area (Å²) in [6, 6.07) is 12.5. The number of carbonyl (C=O) groups is 1. The molecule has 5 rings (SSSR count). The number of carbonyl (C=O) groups excluding carboxylic acids is 1. The number of hydrogen-bond donors (Lipinski definition) is 3. The third-order valence-electron chi connectivity index (χ3n) is 7.18. The first-order chi connectivity index (χ1) is 22.0. The van der Waals surface area contributed by atoms with Crippen molar-refractivity contribution in [3.8, 4) is 0 Å². The number of nitrogens with one attached hydrogen (secondary N) is 3. The Bertz CT molecular complexity index is 1830. The minimum absolute atomic E-state index is 0.0301. The van der Waals surface area contributed by atoms with Gasteiger partial charge in [-0.3, -0.25) is 9.78 Å². The molecule has 238 valence electrons. The van der Waals surface area contributed by atoms with E-state index in [1.165, 1.54) is 18.5 Å². The van der Waals surface area contributed by atoms with Gasteiger partial charge in [-0.25, -0.2) is 19.9 Å². The number of aryl methyl sites for hydroxylation is 1. The molecule has 3 N–H and O–H groups in total. The van der Waals surface area contributed by atoms with E-state index in [-0.39, 0.29) is 16.9 Å². The Balaban J connectivity index is 1.35. The molecule has 0 fully saturated rings. The van der Waals surface area contributed by atoms with Crippen molar-refractivity contribution in [3.05, 3.63) is 95.7 Å². The number of fused-ring (bicyclic) bond motifs is 1. The smallest absolute Gasteiger partial charge is 0.373 e. The standard InChI is InChI=1S/C32H33F3N10O/c1-20-5-6-22(30(46)41-23-7-8-27(24(16-23)32(33,34)35)45(4)14-13-44(2)3)15-25(20)42-29-28-26(39-19-40-29)18-38-31(43-28)37-17-21-9-11-36-12-10-21/h5-12,15-16,18-19H,13-14,17H2,1-4H3,(H,41,46)(H,37,38,43)(H,39,40,42). The van der Waals surface area contributed by atoms with Crippen LogP contribution in [0.25, 0.3) is 11.0 Å². The molecule has 14 heteroatoms. The number of halogens is 3. The van der Waals surface area contributed by atoms with Crippen molar-refractivity contribution in [1.29, 1.82) is 0 Å². The second kappa shape index (κ2) is 13.7. The number of alkyl halides is 3. The number of nitrogens with zero attached hydrogens (tertiary/aromatic N) is 7. The number of amides is 1. The molecule has 0 aliphatic carbocycles. The van der Waals surface area contributed by atoms with Crippen molar-refractivity contribution in [1.82, 2.24) is 29.8 Å². The van der Waals surface area contributed by atoms with Gasteiger partial charge in [0.2, 0.25) is 5.95 Å². The van der Waals surface area contributed by atoms with Crippen molar-refractivity contribution in [2.24, 2.45) is 0 Å². The molecule has 0 unspecified atom stereocenters. The zero-order chi connectivity index (χ0) is 32.8. The fraction of sp³-hybridized carbons (Fsp3) is 0.250. The summed E-state index contributed by atoms with van der Waals surface area (Å²) in [6.45, 7) is 3.32. The van der Waals surface area contributed by atoms with Crippen LogP contribution in [0.5, 0.6) is 0 Å². The molecule has 0 aliphatic rings. The summed E-state index contributed by atoms with van der Waals surface area (Å²) < 4.78 is 42.1. The molecule has 0 aliphatic heterocycles. The lowest BCUT2D eigenvalue weighted by Crippen LogP contribution is -2.30. The number of benzene rings is 2. The van der Waals surface area contributed by atoms with Crippen molar-refractivity contribution in [3.63, 3.8) is 0 Å². The molecule has 3 aromatic heterocycles. The van der Waals surface area contributed by atoms with Crippen LogP contribution in [0.2, 0.25) is 0 Å². The first-order valence-electron chi connectivity index (χ1n) is 14.3. The summed E-state index contributed by atoms with van der Waals surface area (Å²) in [5.41, 5.74) is 2.81. The zero-order valence-electron chi connectivity index (χ0n) is 25.7. The van der Waals surface area contributed by atoms with E-state index in [2.05, 4.69) is 40.9 Å². The molecular weight excluding hydrogens is 597 g/mol. The molecule has 0 bridgehead atoms. The highest BCUT2D eigenvalue weighted by molar-refractivity contribution is 6.05. The summed E-state index contributed by atoms with van der Waals surface area (Å²) in [4.78, 5) is 38.2. The highest BCUT2D eigenvalue weighted by Crippen LogP contribution is 2.38. The number of pyridine rings is 1. The van der Waals surface area contributed by atoms with Crippen LogP contribution in [0.15, 0.2) is 73.4 Å². The highest BCUT2D eigenvalue weighted by atomic mass is 19.4. The fourth-order valence-corrected chi connectivity index (χ4v) is 4.59. The lowest BCUT2D eigenvalue weighted by Gasteiger charge is -2.25.